The van der Waals surface area contributed by atoms with Gasteiger partial charge in [-0.05, 0) is 43.1 Å². The van der Waals surface area contributed by atoms with Crippen molar-refractivity contribution in [1.29, 1.82) is 0 Å². The summed E-state index contributed by atoms with van der Waals surface area (Å²) in [5.74, 6) is 0. The second-order valence-electron chi connectivity index (χ2n) is 6.22. The minimum absolute atomic E-state index is 0.0474. The molecule has 6 heteroatoms. The van der Waals surface area contributed by atoms with Gasteiger partial charge >= 0.3 is 0 Å². The third-order valence-corrected chi connectivity index (χ3v) is 4.55. The maximum Gasteiger partial charge on any atom is 0.280 e. The van der Waals surface area contributed by atoms with Crippen molar-refractivity contribution >= 4 is 11.0 Å². The molecule has 0 radical (unpaired) electrons. The van der Waals surface area contributed by atoms with Crippen molar-refractivity contribution in [3.63, 3.8) is 0 Å². The molecule has 4 heterocycles. The summed E-state index contributed by atoms with van der Waals surface area (Å²) in [5.41, 5.74) is 2.25. The van der Waals surface area contributed by atoms with E-state index >= 15 is 0 Å². The quantitative estimate of drug-likeness (QED) is 0.738. The summed E-state index contributed by atoms with van der Waals surface area (Å²) in [6.45, 7) is 2.74. The zero-order chi connectivity index (χ0) is 16.4. The van der Waals surface area contributed by atoms with Gasteiger partial charge in [0, 0.05) is 31.7 Å². The summed E-state index contributed by atoms with van der Waals surface area (Å²) in [5, 5.41) is 0. The van der Waals surface area contributed by atoms with Gasteiger partial charge in [-0.25, -0.2) is 9.97 Å². The molecule has 24 heavy (non-hydrogen) atoms. The Kier molecular flexibility index (Phi) is 4.04. The first-order valence-electron chi connectivity index (χ1n) is 8.24. The zero-order valence-corrected chi connectivity index (χ0v) is 13.4. The summed E-state index contributed by atoms with van der Waals surface area (Å²) in [7, 11) is 0. The maximum absolute atomic E-state index is 12.7. The van der Waals surface area contributed by atoms with Crippen molar-refractivity contribution in [1.82, 2.24) is 24.4 Å². The molecule has 1 saturated heterocycles. The Morgan fingerprint density at radius 3 is 2.96 bits per heavy atom. The second kappa shape index (κ2) is 6.49. The van der Waals surface area contributed by atoms with Gasteiger partial charge in [0.25, 0.3) is 5.56 Å². The van der Waals surface area contributed by atoms with Gasteiger partial charge in [0.05, 0.1) is 17.9 Å². The lowest BCUT2D eigenvalue weighted by Gasteiger charge is -2.33. The van der Waals surface area contributed by atoms with E-state index in [1.54, 1.807) is 29.4 Å². The average Bonchev–Trinajstić information content (AvgIpc) is 2.63. The van der Waals surface area contributed by atoms with Gasteiger partial charge in [0.15, 0.2) is 5.52 Å². The first-order chi connectivity index (χ1) is 11.8. The molecule has 1 aliphatic heterocycles. The molecule has 122 valence electrons. The Labute approximate surface area is 139 Å². The monoisotopic (exact) mass is 321 g/mol. The van der Waals surface area contributed by atoms with Gasteiger partial charge < -0.3 is 0 Å². The smallest absolute Gasteiger partial charge is 0.280 e. The van der Waals surface area contributed by atoms with Crippen LogP contribution in [0.4, 0.5) is 0 Å². The number of aromatic nitrogens is 4. The molecule has 0 saturated carbocycles. The van der Waals surface area contributed by atoms with E-state index < -0.39 is 0 Å². The van der Waals surface area contributed by atoms with Crippen LogP contribution in [0.5, 0.6) is 0 Å². The molecule has 0 N–H and O–H groups in total. The highest BCUT2D eigenvalue weighted by Crippen LogP contribution is 2.21. The molecular formula is C18H19N5O. The number of pyridine rings is 2. The number of rotatable bonds is 3. The van der Waals surface area contributed by atoms with Crippen molar-refractivity contribution in [2.75, 3.05) is 13.1 Å². The third kappa shape index (κ3) is 2.92. The van der Waals surface area contributed by atoms with Gasteiger partial charge in [0.1, 0.15) is 0 Å². The molecule has 3 aromatic rings. The number of hydrogen-bond donors (Lipinski definition) is 0. The van der Waals surface area contributed by atoms with Gasteiger partial charge in [-0.1, -0.05) is 6.07 Å². The van der Waals surface area contributed by atoms with E-state index in [4.69, 9.17) is 0 Å². The molecule has 1 atom stereocenters. The predicted molar refractivity (Wildman–Crippen MR) is 91.6 cm³/mol. The van der Waals surface area contributed by atoms with E-state index in [0.717, 1.165) is 32.5 Å². The molecule has 0 aromatic carbocycles. The standard InChI is InChI=1S/C18H19N5O/c24-18-17-16(6-2-8-20-17)21-13-23(18)15-5-3-9-22(12-15)11-14-4-1-7-19-10-14/h1-2,4,6-8,10,13,15H,3,5,9,11-12H2/t15-/m0/s1. The van der Waals surface area contributed by atoms with Crippen LogP contribution in [0.2, 0.25) is 0 Å². The Morgan fingerprint density at radius 2 is 2.08 bits per heavy atom. The van der Waals surface area contributed by atoms with Gasteiger partial charge in [0.2, 0.25) is 0 Å². The second-order valence-corrected chi connectivity index (χ2v) is 6.22. The van der Waals surface area contributed by atoms with Gasteiger partial charge in [-0.2, -0.15) is 0 Å². The Hall–Kier alpha value is -2.60. The van der Waals surface area contributed by atoms with Crippen LogP contribution in [0.15, 0.2) is 54.0 Å². The number of hydrogen-bond acceptors (Lipinski definition) is 5. The Balaban J connectivity index is 1.58. The molecule has 0 spiro atoms. The molecule has 3 aromatic heterocycles. The normalized spacial score (nSPS) is 18.8. The van der Waals surface area contributed by atoms with Gasteiger partial charge in [-0.15, -0.1) is 0 Å². The van der Waals surface area contributed by atoms with Crippen molar-refractivity contribution in [3.05, 3.63) is 65.1 Å². The predicted octanol–water partition coefficient (Wildman–Crippen LogP) is 2.02. The maximum atomic E-state index is 12.7. The van der Waals surface area contributed by atoms with E-state index in [2.05, 4.69) is 25.9 Å². The lowest BCUT2D eigenvalue weighted by atomic mass is 10.0. The minimum atomic E-state index is -0.0474. The minimum Gasteiger partial charge on any atom is -0.297 e. The molecule has 4 rings (SSSR count). The summed E-state index contributed by atoms with van der Waals surface area (Å²) in [6, 6.07) is 7.81. The first-order valence-corrected chi connectivity index (χ1v) is 8.24. The third-order valence-electron chi connectivity index (χ3n) is 4.55. The highest BCUT2D eigenvalue weighted by molar-refractivity contribution is 5.71. The topological polar surface area (TPSA) is 63.9 Å². The summed E-state index contributed by atoms with van der Waals surface area (Å²) >= 11 is 0. The fraction of sp³-hybridized carbons (Fsp3) is 0.333. The summed E-state index contributed by atoms with van der Waals surface area (Å²) in [4.78, 5) is 27.9. The lowest BCUT2D eigenvalue weighted by molar-refractivity contribution is 0.168. The molecule has 1 aliphatic rings. The number of fused-ring (bicyclic) bond motifs is 1. The molecule has 0 unspecified atom stereocenters. The molecular weight excluding hydrogens is 302 g/mol. The van der Waals surface area contributed by atoms with Crippen LogP contribution in [0.3, 0.4) is 0 Å². The lowest BCUT2D eigenvalue weighted by Crippen LogP contribution is -2.39. The van der Waals surface area contributed by atoms with Crippen molar-refractivity contribution in [2.24, 2.45) is 0 Å². The van der Waals surface area contributed by atoms with Crippen LogP contribution in [-0.4, -0.2) is 37.5 Å². The van der Waals surface area contributed by atoms with Crippen LogP contribution >= 0.6 is 0 Å². The van der Waals surface area contributed by atoms with Crippen molar-refractivity contribution in [2.45, 2.75) is 25.4 Å². The van der Waals surface area contributed by atoms with Crippen LogP contribution < -0.4 is 5.56 Å². The van der Waals surface area contributed by atoms with Crippen LogP contribution in [0.25, 0.3) is 11.0 Å². The largest absolute Gasteiger partial charge is 0.297 e. The number of likely N-dealkylation sites (tertiary alicyclic amines) is 1. The van der Waals surface area contributed by atoms with Crippen LogP contribution in [0, 0.1) is 0 Å². The molecule has 0 bridgehead atoms. The summed E-state index contributed by atoms with van der Waals surface area (Å²) in [6.07, 6.45) is 9.06. The zero-order valence-electron chi connectivity index (χ0n) is 13.4. The summed E-state index contributed by atoms with van der Waals surface area (Å²) < 4.78 is 1.75. The van der Waals surface area contributed by atoms with E-state index in [1.807, 2.05) is 18.3 Å². The van der Waals surface area contributed by atoms with Crippen molar-refractivity contribution < 1.29 is 0 Å². The fourth-order valence-corrected chi connectivity index (χ4v) is 3.38. The van der Waals surface area contributed by atoms with E-state index in [-0.39, 0.29) is 11.6 Å². The Morgan fingerprint density at radius 1 is 1.17 bits per heavy atom. The molecule has 6 nitrogen and oxygen atoms in total. The van der Waals surface area contributed by atoms with Crippen LogP contribution in [0.1, 0.15) is 24.4 Å². The molecule has 0 aliphatic carbocycles. The number of piperidine rings is 1. The highest BCUT2D eigenvalue weighted by Gasteiger charge is 2.23. The molecule has 1 fully saturated rings. The Bertz CT molecular complexity index is 893. The van der Waals surface area contributed by atoms with Gasteiger partial charge in [-0.3, -0.25) is 19.2 Å². The van der Waals surface area contributed by atoms with E-state index in [9.17, 15) is 4.79 Å². The highest BCUT2D eigenvalue weighted by atomic mass is 16.1. The number of nitrogens with zero attached hydrogens (tertiary/aromatic N) is 5. The fourth-order valence-electron chi connectivity index (χ4n) is 3.38. The first kappa shape index (κ1) is 15.0. The van der Waals surface area contributed by atoms with E-state index in [1.165, 1.54) is 5.56 Å². The van der Waals surface area contributed by atoms with E-state index in [0.29, 0.717) is 11.0 Å². The SMILES string of the molecule is O=c1c2ncccc2ncn1[C@H]1CCCN(Cc2cccnc2)C1. The molecule has 0 amide bonds. The van der Waals surface area contributed by atoms with Crippen molar-refractivity contribution in [3.8, 4) is 0 Å². The van der Waals surface area contributed by atoms with Crippen LogP contribution in [-0.2, 0) is 6.54 Å². The average molecular weight is 321 g/mol.